The molecule has 4 heteroatoms. The third-order valence-electron chi connectivity index (χ3n) is 1.45. The Kier molecular flexibility index (Phi) is 3.65. The number of aromatic nitrogens is 2. The Morgan fingerprint density at radius 2 is 2.33 bits per heavy atom. The standard InChI is InChI=1S/C8H13BrN2S/c1-6(2)4-11-5-7(9)10-8(11)12-3/h5-6H,4H2,1-3H3. The first kappa shape index (κ1) is 10.1. The molecular weight excluding hydrogens is 236 g/mol. The molecule has 68 valence electrons. The van der Waals surface area contributed by atoms with Crippen LogP contribution in [0.2, 0.25) is 0 Å². The number of thioether (sulfide) groups is 1. The molecule has 2 nitrogen and oxygen atoms in total. The normalized spacial score (nSPS) is 11.1. The molecular formula is C8H13BrN2S. The molecule has 1 rings (SSSR count). The highest BCUT2D eigenvalue weighted by atomic mass is 79.9. The molecule has 0 aliphatic carbocycles. The zero-order chi connectivity index (χ0) is 9.14. The topological polar surface area (TPSA) is 17.8 Å². The first-order chi connectivity index (χ1) is 5.63. The van der Waals surface area contributed by atoms with Crippen LogP contribution in [0.4, 0.5) is 0 Å². The smallest absolute Gasteiger partial charge is 0.168 e. The van der Waals surface area contributed by atoms with Crippen LogP contribution in [-0.2, 0) is 6.54 Å². The Hall–Kier alpha value is 0.0400. The summed E-state index contributed by atoms with van der Waals surface area (Å²) < 4.78 is 3.10. The predicted octanol–water partition coefficient (Wildman–Crippen LogP) is 3.02. The number of imidazole rings is 1. The van der Waals surface area contributed by atoms with Crippen LogP contribution in [0, 0.1) is 5.92 Å². The number of hydrogen-bond donors (Lipinski definition) is 0. The maximum atomic E-state index is 4.32. The Morgan fingerprint density at radius 3 is 2.83 bits per heavy atom. The van der Waals surface area contributed by atoms with Gasteiger partial charge in [0.05, 0.1) is 0 Å². The van der Waals surface area contributed by atoms with Crippen molar-refractivity contribution in [3.05, 3.63) is 10.8 Å². The second kappa shape index (κ2) is 4.33. The van der Waals surface area contributed by atoms with Gasteiger partial charge in [-0.2, -0.15) is 0 Å². The lowest BCUT2D eigenvalue weighted by molar-refractivity contribution is 0.494. The van der Waals surface area contributed by atoms with E-state index in [0.29, 0.717) is 5.92 Å². The molecule has 0 N–H and O–H groups in total. The van der Waals surface area contributed by atoms with Crippen molar-refractivity contribution >= 4 is 27.7 Å². The summed E-state index contributed by atoms with van der Waals surface area (Å²) in [5.74, 6) is 0.664. The van der Waals surface area contributed by atoms with Crippen LogP contribution in [0.1, 0.15) is 13.8 Å². The van der Waals surface area contributed by atoms with E-state index in [2.05, 4.69) is 39.3 Å². The molecule has 0 aliphatic heterocycles. The van der Waals surface area contributed by atoms with E-state index < -0.39 is 0 Å². The van der Waals surface area contributed by atoms with Gasteiger partial charge in [0.25, 0.3) is 0 Å². The maximum Gasteiger partial charge on any atom is 0.168 e. The highest BCUT2D eigenvalue weighted by Crippen LogP contribution is 2.19. The summed E-state index contributed by atoms with van der Waals surface area (Å²) in [7, 11) is 0. The van der Waals surface area contributed by atoms with Gasteiger partial charge in [0, 0.05) is 12.7 Å². The van der Waals surface area contributed by atoms with Crippen molar-refractivity contribution < 1.29 is 0 Å². The Balaban J connectivity index is 2.81. The fourth-order valence-electron chi connectivity index (χ4n) is 1.06. The summed E-state index contributed by atoms with van der Waals surface area (Å²) in [5.41, 5.74) is 0. The van der Waals surface area contributed by atoms with Crippen LogP contribution in [0.5, 0.6) is 0 Å². The lowest BCUT2D eigenvalue weighted by Crippen LogP contribution is -2.04. The van der Waals surface area contributed by atoms with Crippen LogP contribution >= 0.6 is 27.7 Å². The van der Waals surface area contributed by atoms with Gasteiger partial charge in [-0.1, -0.05) is 25.6 Å². The highest BCUT2D eigenvalue weighted by molar-refractivity contribution is 9.10. The molecule has 1 aromatic rings. The zero-order valence-electron chi connectivity index (χ0n) is 7.54. The molecule has 0 aliphatic rings. The van der Waals surface area contributed by atoms with Crippen LogP contribution in [0.15, 0.2) is 16.0 Å². The Bertz CT molecular complexity index is 258. The van der Waals surface area contributed by atoms with E-state index in [1.807, 2.05) is 12.5 Å². The first-order valence-corrected chi connectivity index (χ1v) is 5.92. The molecule has 1 aromatic heterocycles. The monoisotopic (exact) mass is 248 g/mol. The zero-order valence-corrected chi connectivity index (χ0v) is 9.94. The average molecular weight is 249 g/mol. The second-order valence-electron chi connectivity index (χ2n) is 3.10. The summed E-state index contributed by atoms with van der Waals surface area (Å²) in [5, 5.41) is 1.08. The van der Waals surface area contributed by atoms with Crippen molar-refractivity contribution in [1.82, 2.24) is 9.55 Å². The molecule has 0 saturated carbocycles. The molecule has 0 aromatic carbocycles. The molecule has 0 atom stereocenters. The molecule has 0 unspecified atom stereocenters. The van der Waals surface area contributed by atoms with E-state index in [1.165, 1.54) is 0 Å². The van der Waals surface area contributed by atoms with E-state index in [-0.39, 0.29) is 0 Å². The van der Waals surface area contributed by atoms with Crippen molar-refractivity contribution in [3.8, 4) is 0 Å². The Labute approximate surface area is 85.9 Å². The van der Waals surface area contributed by atoms with Crippen molar-refractivity contribution in [2.45, 2.75) is 25.5 Å². The SMILES string of the molecule is CSc1nc(Br)cn1CC(C)C. The fraction of sp³-hybridized carbons (Fsp3) is 0.625. The number of nitrogens with zero attached hydrogens (tertiary/aromatic N) is 2. The van der Waals surface area contributed by atoms with E-state index >= 15 is 0 Å². The minimum absolute atomic E-state index is 0.664. The number of rotatable bonds is 3. The largest absolute Gasteiger partial charge is 0.325 e. The van der Waals surface area contributed by atoms with Crippen molar-refractivity contribution in [1.29, 1.82) is 0 Å². The minimum atomic E-state index is 0.664. The second-order valence-corrected chi connectivity index (χ2v) is 4.68. The maximum absolute atomic E-state index is 4.32. The summed E-state index contributed by atoms with van der Waals surface area (Å²) in [6.45, 7) is 5.45. The van der Waals surface area contributed by atoms with Gasteiger partial charge in [-0.15, -0.1) is 0 Å². The third kappa shape index (κ3) is 2.52. The van der Waals surface area contributed by atoms with Crippen LogP contribution in [0.3, 0.4) is 0 Å². The lowest BCUT2D eigenvalue weighted by Gasteiger charge is -2.07. The fourth-order valence-corrected chi connectivity index (χ4v) is 2.14. The molecule has 0 spiro atoms. The highest BCUT2D eigenvalue weighted by Gasteiger charge is 2.05. The molecule has 0 bridgehead atoms. The van der Waals surface area contributed by atoms with Gasteiger partial charge in [0.2, 0.25) is 0 Å². The molecule has 12 heavy (non-hydrogen) atoms. The van der Waals surface area contributed by atoms with Gasteiger partial charge in [0.1, 0.15) is 4.60 Å². The molecule has 0 amide bonds. The predicted molar refractivity (Wildman–Crippen MR) is 56.5 cm³/mol. The summed E-state index contributed by atoms with van der Waals surface area (Å²) in [6.07, 6.45) is 4.08. The third-order valence-corrected chi connectivity index (χ3v) is 2.53. The van der Waals surface area contributed by atoms with Gasteiger partial charge in [-0.05, 0) is 28.1 Å². The molecule has 0 radical (unpaired) electrons. The van der Waals surface area contributed by atoms with Gasteiger partial charge in [-0.25, -0.2) is 4.98 Å². The van der Waals surface area contributed by atoms with Crippen molar-refractivity contribution in [2.24, 2.45) is 5.92 Å². The number of hydrogen-bond acceptors (Lipinski definition) is 2. The van der Waals surface area contributed by atoms with Gasteiger partial charge < -0.3 is 4.57 Å². The van der Waals surface area contributed by atoms with Crippen LogP contribution in [-0.4, -0.2) is 15.8 Å². The van der Waals surface area contributed by atoms with E-state index in [4.69, 9.17) is 0 Å². The number of halogens is 1. The van der Waals surface area contributed by atoms with Gasteiger partial charge in [-0.3, -0.25) is 0 Å². The lowest BCUT2D eigenvalue weighted by atomic mass is 10.2. The van der Waals surface area contributed by atoms with E-state index in [9.17, 15) is 0 Å². The summed E-state index contributed by atoms with van der Waals surface area (Å²) in [4.78, 5) is 4.32. The van der Waals surface area contributed by atoms with Crippen LogP contribution < -0.4 is 0 Å². The quantitative estimate of drug-likeness (QED) is 0.766. The summed E-state index contributed by atoms with van der Waals surface area (Å²) >= 11 is 5.05. The van der Waals surface area contributed by atoms with Crippen molar-refractivity contribution in [2.75, 3.05) is 6.26 Å². The Morgan fingerprint density at radius 1 is 1.67 bits per heavy atom. The molecule has 0 fully saturated rings. The van der Waals surface area contributed by atoms with Crippen molar-refractivity contribution in [3.63, 3.8) is 0 Å². The van der Waals surface area contributed by atoms with Gasteiger partial charge >= 0.3 is 0 Å². The average Bonchev–Trinajstić information content (AvgIpc) is 2.29. The minimum Gasteiger partial charge on any atom is -0.325 e. The summed E-state index contributed by atoms with van der Waals surface area (Å²) in [6, 6.07) is 0. The first-order valence-electron chi connectivity index (χ1n) is 3.90. The molecule has 0 saturated heterocycles. The van der Waals surface area contributed by atoms with Gasteiger partial charge in [0.15, 0.2) is 5.16 Å². The van der Waals surface area contributed by atoms with Crippen LogP contribution in [0.25, 0.3) is 0 Å². The van der Waals surface area contributed by atoms with E-state index in [1.54, 1.807) is 11.8 Å². The molecule has 1 heterocycles. The van der Waals surface area contributed by atoms with E-state index in [0.717, 1.165) is 16.3 Å².